The van der Waals surface area contributed by atoms with Crippen LogP contribution in [0.4, 0.5) is 0 Å². The van der Waals surface area contributed by atoms with Gasteiger partial charge in [-0.2, -0.15) is 0 Å². The molecule has 0 spiro atoms. The molecule has 0 aliphatic carbocycles. The largest absolute Gasteiger partial charge is 0.475 e. The zero-order valence-corrected chi connectivity index (χ0v) is 13.3. The van der Waals surface area contributed by atoms with Gasteiger partial charge in [-0.05, 0) is 39.7 Å². The molecule has 1 fully saturated rings. The molecule has 1 aromatic rings. The number of hydrogen-bond donors (Lipinski definition) is 1. The Morgan fingerprint density at radius 1 is 1.36 bits per heavy atom. The van der Waals surface area contributed by atoms with Crippen molar-refractivity contribution in [3.05, 3.63) is 23.9 Å². The number of carbonyl (C=O) groups excluding carboxylic acids is 2. The van der Waals surface area contributed by atoms with Crippen LogP contribution in [0.1, 0.15) is 44.0 Å². The summed E-state index contributed by atoms with van der Waals surface area (Å²) < 4.78 is 5.47. The summed E-state index contributed by atoms with van der Waals surface area (Å²) >= 11 is 0. The highest BCUT2D eigenvalue weighted by atomic mass is 16.5. The number of rotatable bonds is 4. The number of amides is 2. The second kappa shape index (κ2) is 6.77. The van der Waals surface area contributed by atoms with Gasteiger partial charge in [-0.15, -0.1) is 0 Å². The third kappa shape index (κ3) is 3.75. The maximum atomic E-state index is 12.6. The van der Waals surface area contributed by atoms with Crippen LogP contribution in [0.5, 0.6) is 5.88 Å². The van der Waals surface area contributed by atoms with E-state index >= 15 is 0 Å². The lowest BCUT2D eigenvalue weighted by Gasteiger charge is -2.36. The molecule has 2 amide bonds. The molecule has 2 heterocycles. The van der Waals surface area contributed by atoms with Gasteiger partial charge in [-0.3, -0.25) is 9.59 Å². The first kappa shape index (κ1) is 16.3. The Labute approximate surface area is 130 Å². The number of nitrogens with two attached hydrogens (primary N) is 1. The molecular formula is C16H23N3O3. The summed E-state index contributed by atoms with van der Waals surface area (Å²) in [4.78, 5) is 29.8. The maximum absolute atomic E-state index is 12.6. The molecule has 0 aromatic carbocycles. The van der Waals surface area contributed by atoms with Gasteiger partial charge in [0, 0.05) is 24.8 Å². The summed E-state index contributed by atoms with van der Waals surface area (Å²) in [5, 5.41) is 0. The first-order valence-electron chi connectivity index (χ1n) is 7.61. The number of carbonyl (C=O) groups is 2. The zero-order chi connectivity index (χ0) is 16.3. The number of ether oxygens (including phenoxy) is 1. The van der Waals surface area contributed by atoms with E-state index in [1.54, 1.807) is 17.0 Å². The summed E-state index contributed by atoms with van der Waals surface area (Å²) in [5.41, 5.74) is 5.87. The van der Waals surface area contributed by atoms with Gasteiger partial charge in [0.15, 0.2) is 0 Å². The summed E-state index contributed by atoms with van der Waals surface area (Å²) in [7, 11) is 0. The fraction of sp³-hybridized carbons (Fsp3) is 0.562. The first-order valence-corrected chi connectivity index (χ1v) is 7.61. The Morgan fingerprint density at radius 3 is 2.64 bits per heavy atom. The normalized spacial score (nSPS) is 21.7. The van der Waals surface area contributed by atoms with Gasteiger partial charge in [-0.1, -0.05) is 0 Å². The van der Waals surface area contributed by atoms with E-state index in [1.165, 1.54) is 6.20 Å². The molecule has 1 aliphatic heterocycles. The molecule has 2 rings (SSSR count). The van der Waals surface area contributed by atoms with Gasteiger partial charge in [0.2, 0.25) is 11.8 Å². The summed E-state index contributed by atoms with van der Waals surface area (Å²) in [6.07, 6.45) is 3.06. The average molecular weight is 305 g/mol. The maximum Gasteiger partial charge on any atom is 0.255 e. The monoisotopic (exact) mass is 305 g/mol. The first-order chi connectivity index (χ1) is 10.4. The van der Waals surface area contributed by atoms with Crippen LogP contribution < -0.4 is 10.5 Å². The van der Waals surface area contributed by atoms with Crippen molar-refractivity contribution in [1.29, 1.82) is 0 Å². The molecule has 0 saturated carbocycles. The minimum atomic E-state index is -0.344. The van der Waals surface area contributed by atoms with Crippen molar-refractivity contribution >= 4 is 11.8 Å². The van der Waals surface area contributed by atoms with Crippen LogP contribution in [-0.4, -0.2) is 40.4 Å². The Hall–Kier alpha value is -2.11. The molecule has 22 heavy (non-hydrogen) atoms. The molecule has 1 aromatic heterocycles. The Morgan fingerprint density at radius 2 is 2.09 bits per heavy atom. The number of likely N-dealkylation sites (tertiary alicyclic amines) is 1. The molecule has 1 saturated heterocycles. The predicted molar refractivity (Wildman–Crippen MR) is 82.4 cm³/mol. The van der Waals surface area contributed by atoms with Gasteiger partial charge >= 0.3 is 0 Å². The van der Waals surface area contributed by atoms with Gasteiger partial charge in [0.05, 0.1) is 17.6 Å². The number of primary amides is 1. The van der Waals surface area contributed by atoms with Crippen molar-refractivity contribution in [3.8, 4) is 5.88 Å². The van der Waals surface area contributed by atoms with Crippen molar-refractivity contribution in [1.82, 2.24) is 9.88 Å². The van der Waals surface area contributed by atoms with E-state index in [0.717, 1.165) is 12.8 Å². The Kier molecular flexibility index (Phi) is 5.00. The molecule has 0 radical (unpaired) electrons. The highest BCUT2D eigenvalue weighted by Crippen LogP contribution is 2.23. The predicted octanol–water partition coefficient (Wildman–Crippen LogP) is 1.59. The number of nitrogens with zero attached hydrogens (tertiary/aromatic N) is 2. The second-order valence-corrected chi connectivity index (χ2v) is 6.03. The molecular weight excluding hydrogens is 282 g/mol. The molecule has 0 bridgehead atoms. The van der Waals surface area contributed by atoms with Crippen molar-refractivity contribution < 1.29 is 14.3 Å². The van der Waals surface area contributed by atoms with E-state index < -0.39 is 0 Å². The highest BCUT2D eigenvalue weighted by Gasteiger charge is 2.32. The van der Waals surface area contributed by atoms with E-state index in [2.05, 4.69) is 4.98 Å². The van der Waals surface area contributed by atoms with E-state index in [0.29, 0.717) is 18.0 Å². The molecule has 2 N–H and O–H groups in total. The number of aromatic nitrogens is 1. The summed E-state index contributed by atoms with van der Waals surface area (Å²) in [6.45, 7) is 6.19. The molecule has 6 heteroatoms. The fourth-order valence-corrected chi connectivity index (χ4v) is 2.61. The molecule has 120 valence electrons. The van der Waals surface area contributed by atoms with Crippen LogP contribution in [0.3, 0.4) is 0 Å². The van der Waals surface area contributed by atoms with Crippen molar-refractivity contribution in [2.24, 2.45) is 11.7 Å². The SMILES string of the molecule is CC(C)Oc1ccc(C(=O)N2C[C@@H](C(N)=O)CC[C@H]2C)cn1. The zero-order valence-electron chi connectivity index (χ0n) is 13.3. The Bertz CT molecular complexity index is 542. The minimum absolute atomic E-state index is 0.0347. The van der Waals surface area contributed by atoms with Crippen LogP contribution in [0, 0.1) is 5.92 Å². The van der Waals surface area contributed by atoms with Crippen molar-refractivity contribution in [2.45, 2.75) is 45.8 Å². The van der Waals surface area contributed by atoms with E-state index in [1.807, 2.05) is 20.8 Å². The summed E-state index contributed by atoms with van der Waals surface area (Å²) in [6, 6.07) is 3.48. The lowest BCUT2D eigenvalue weighted by atomic mass is 9.92. The average Bonchev–Trinajstić information content (AvgIpc) is 2.47. The standard InChI is InChI=1S/C16H23N3O3/c1-10(2)22-14-7-6-12(8-18-14)16(21)19-9-13(15(17)20)5-4-11(19)3/h6-8,10-11,13H,4-5,9H2,1-3H3,(H2,17,20)/t11-,13+/m1/s1. The van der Waals surface area contributed by atoms with Gasteiger partial charge in [-0.25, -0.2) is 4.98 Å². The second-order valence-electron chi connectivity index (χ2n) is 6.03. The third-order valence-electron chi connectivity index (χ3n) is 3.89. The van der Waals surface area contributed by atoms with Crippen LogP contribution in [-0.2, 0) is 4.79 Å². The fourth-order valence-electron chi connectivity index (χ4n) is 2.61. The number of piperidine rings is 1. The van der Waals surface area contributed by atoms with Crippen LogP contribution in [0.15, 0.2) is 18.3 Å². The smallest absolute Gasteiger partial charge is 0.255 e. The summed E-state index contributed by atoms with van der Waals surface area (Å²) in [5.74, 6) is -0.240. The third-order valence-corrected chi connectivity index (χ3v) is 3.89. The van der Waals surface area contributed by atoms with Gasteiger partial charge in [0.25, 0.3) is 5.91 Å². The van der Waals surface area contributed by atoms with Gasteiger partial charge < -0.3 is 15.4 Å². The minimum Gasteiger partial charge on any atom is -0.475 e. The van der Waals surface area contributed by atoms with E-state index in [-0.39, 0.29) is 29.9 Å². The number of pyridine rings is 1. The van der Waals surface area contributed by atoms with Crippen LogP contribution >= 0.6 is 0 Å². The van der Waals surface area contributed by atoms with Crippen LogP contribution in [0.2, 0.25) is 0 Å². The lowest BCUT2D eigenvalue weighted by molar-refractivity contribution is -0.123. The highest BCUT2D eigenvalue weighted by molar-refractivity contribution is 5.94. The van der Waals surface area contributed by atoms with E-state index in [4.69, 9.17) is 10.5 Å². The molecule has 2 atom stereocenters. The van der Waals surface area contributed by atoms with Crippen molar-refractivity contribution in [3.63, 3.8) is 0 Å². The van der Waals surface area contributed by atoms with Crippen LogP contribution in [0.25, 0.3) is 0 Å². The molecule has 0 unspecified atom stereocenters. The Balaban J connectivity index is 2.10. The topological polar surface area (TPSA) is 85.5 Å². The molecule has 6 nitrogen and oxygen atoms in total. The lowest BCUT2D eigenvalue weighted by Crippen LogP contribution is -2.48. The van der Waals surface area contributed by atoms with Crippen molar-refractivity contribution in [2.75, 3.05) is 6.54 Å². The van der Waals surface area contributed by atoms with Gasteiger partial charge in [0.1, 0.15) is 0 Å². The quantitative estimate of drug-likeness (QED) is 0.915. The number of hydrogen-bond acceptors (Lipinski definition) is 4. The molecule has 1 aliphatic rings. The van der Waals surface area contributed by atoms with E-state index in [9.17, 15) is 9.59 Å².